The molecule has 92 valence electrons. The SMILES string of the molecule is COP(CP(C)(C)=O)N(C(C)C)C(C)C. The molecule has 0 aliphatic rings. The van der Waals surface area contributed by atoms with Crippen molar-refractivity contribution in [2.24, 2.45) is 0 Å². The summed E-state index contributed by atoms with van der Waals surface area (Å²) in [5, 5.41) is 0. The van der Waals surface area contributed by atoms with E-state index in [9.17, 15) is 4.57 Å². The summed E-state index contributed by atoms with van der Waals surface area (Å²) in [4.78, 5) is 0. The van der Waals surface area contributed by atoms with Gasteiger partial charge < -0.3 is 9.09 Å². The van der Waals surface area contributed by atoms with E-state index in [2.05, 4.69) is 32.4 Å². The third-order valence-electron chi connectivity index (χ3n) is 1.99. The fourth-order valence-corrected chi connectivity index (χ4v) is 6.22. The van der Waals surface area contributed by atoms with Crippen LogP contribution in [0.4, 0.5) is 0 Å². The Bertz CT molecular complexity index is 217. The molecular formula is C10H25NO2P2. The molecule has 0 N–H and O–H groups in total. The number of hydrogen-bond donors (Lipinski definition) is 0. The molecule has 15 heavy (non-hydrogen) atoms. The van der Waals surface area contributed by atoms with Crippen LogP contribution < -0.4 is 0 Å². The Morgan fingerprint density at radius 1 is 1.20 bits per heavy atom. The topological polar surface area (TPSA) is 29.5 Å². The zero-order chi connectivity index (χ0) is 12.2. The molecule has 0 aromatic carbocycles. The van der Waals surface area contributed by atoms with E-state index in [-0.39, 0.29) is 0 Å². The first-order valence-corrected chi connectivity index (χ1v) is 9.51. The van der Waals surface area contributed by atoms with Crippen molar-refractivity contribution in [2.75, 3.05) is 26.3 Å². The van der Waals surface area contributed by atoms with Crippen molar-refractivity contribution in [1.82, 2.24) is 4.67 Å². The molecule has 0 rings (SSSR count). The quantitative estimate of drug-likeness (QED) is 0.677. The lowest BCUT2D eigenvalue weighted by molar-refractivity contribution is 0.281. The summed E-state index contributed by atoms with van der Waals surface area (Å²) in [5.74, 6) is 0.690. The minimum absolute atomic E-state index is 0.433. The minimum Gasteiger partial charge on any atom is -0.346 e. The van der Waals surface area contributed by atoms with Crippen molar-refractivity contribution in [3.8, 4) is 0 Å². The van der Waals surface area contributed by atoms with Gasteiger partial charge in [-0.3, -0.25) is 4.67 Å². The maximum absolute atomic E-state index is 11.8. The fourth-order valence-electron chi connectivity index (χ4n) is 1.63. The highest BCUT2D eigenvalue weighted by Crippen LogP contribution is 2.55. The molecular weight excluding hydrogens is 228 g/mol. The predicted octanol–water partition coefficient (Wildman–Crippen LogP) is 3.64. The van der Waals surface area contributed by atoms with Gasteiger partial charge in [0.25, 0.3) is 0 Å². The van der Waals surface area contributed by atoms with Gasteiger partial charge in [0.2, 0.25) is 0 Å². The van der Waals surface area contributed by atoms with Gasteiger partial charge in [-0.25, -0.2) is 0 Å². The van der Waals surface area contributed by atoms with Crippen molar-refractivity contribution in [3.05, 3.63) is 0 Å². The van der Waals surface area contributed by atoms with Crippen molar-refractivity contribution >= 4 is 15.4 Å². The van der Waals surface area contributed by atoms with Crippen LogP contribution in [0, 0.1) is 0 Å². The Morgan fingerprint density at radius 2 is 1.60 bits per heavy atom. The van der Waals surface area contributed by atoms with Crippen LogP contribution in [0.5, 0.6) is 0 Å². The van der Waals surface area contributed by atoms with E-state index in [4.69, 9.17) is 4.52 Å². The van der Waals surface area contributed by atoms with Gasteiger partial charge in [0.15, 0.2) is 0 Å². The van der Waals surface area contributed by atoms with Crippen LogP contribution in [-0.2, 0) is 9.09 Å². The van der Waals surface area contributed by atoms with E-state index in [0.717, 1.165) is 0 Å². The van der Waals surface area contributed by atoms with E-state index in [0.29, 0.717) is 18.0 Å². The monoisotopic (exact) mass is 253 g/mol. The van der Waals surface area contributed by atoms with Crippen molar-refractivity contribution in [3.63, 3.8) is 0 Å². The summed E-state index contributed by atoms with van der Waals surface area (Å²) < 4.78 is 19.7. The normalized spacial score (nSPS) is 15.3. The zero-order valence-electron chi connectivity index (χ0n) is 11.0. The molecule has 0 aromatic rings. The Morgan fingerprint density at radius 3 is 1.80 bits per heavy atom. The highest BCUT2D eigenvalue weighted by molar-refractivity contribution is 7.74. The lowest BCUT2D eigenvalue weighted by Gasteiger charge is -2.37. The van der Waals surface area contributed by atoms with Gasteiger partial charge in [-0.1, -0.05) is 0 Å². The molecule has 0 saturated carbocycles. The summed E-state index contributed by atoms with van der Waals surface area (Å²) >= 11 is 0. The van der Waals surface area contributed by atoms with Crippen LogP contribution in [0.3, 0.4) is 0 Å². The third-order valence-corrected chi connectivity index (χ3v) is 7.54. The van der Waals surface area contributed by atoms with Gasteiger partial charge in [-0.2, -0.15) is 0 Å². The summed E-state index contributed by atoms with van der Waals surface area (Å²) in [6.07, 6.45) is 0. The summed E-state index contributed by atoms with van der Waals surface area (Å²) in [6, 6.07) is 0.866. The molecule has 0 aliphatic carbocycles. The molecule has 5 heteroatoms. The third kappa shape index (κ3) is 6.02. The molecule has 0 fully saturated rings. The summed E-state index contributed by atoms with van der Waals surface area (Å²) in [7, 11) is -1.01. The zero-order valence-corrected chi connectivity index (χ0v) is 12.8. The van der Waals surface area contributed by atoms with Crippen molar-refractivity contribution in [1.29, 1.82) is 0 Å². The summed E-state index contributed by atoms with van der Waals surface area (Å²) in [5.41, 5.74) is 0. The molecule has 1 atom stereocenters. The highest BCUT2D eigenvalue weighted by atomic mass is 31.2. The average molecular weight is 253 g/mol. The molecule has 0 spiro atoms. The Hall–Kier alpha value is 0.580. The maximum atomic E-state index is 11.8. The molecule has 0 amide bonds. The molecule has 1 unspecified atom stereocenters. The first kappa shape index (κ1) is 15.6. The van der Waals surface area contributed by atoms with E-state index in [1.165, 1.54) is 0 Å². The van der Waals surface area contributed by atoms with Crippen LogP contribution in [0.25, 0.3) is 0 Å². The van der Waals surface area contributed by atoms with Crippen LogP contribution in [0.15, 0.2) is 0 Å². The molecule has 0 heterocycles. The van der Waals surface area contributed by atoms with Gasteiger partial charge >= 0.3 is 0 Å². The fraction of sp³-hybridized carbons (Fsp3) is 1.00. The number of nitrogens with zero attached hydrogens (tertiary/aromatic N) is 1. The van der Waals surface area contributed by atoms with E-state index in [1.807, 2.05) is 13.3 Å². The van der Waals surface area contributed by atoms with E-state index in [1.54, 1.807) is 7.11 Å². The first-order valence-electron chi connectivity index (χ1n) is 5.33. The van der Waals surface area contributed by atoms with Crippen LogP contribution in [-0.4, -0.2) is 43.1 Å². The van der Waals surface area contributed by atoms with Gasteiger partial charge in [0.05, 0.1) is 13.0 Å². The Labute approximate surface area is 95.8 Å². The Kier molecular flexibility index (Phi) is 6.59. The molecule has 0 aliphatic heterocycles. The predicted molar refractivity (Wildman–Crippen MR) is 70.4 cm³/mol. The first-order chi connectivity index (χ1) is 6.69. The molecule has 0 saturated heterocycles. The van der Waals surface area contributed by atoms with Gasteiger partial charge in [-0.05, 0) is 41.0 Å². The Balaban J connectivity index is 4.68. The van der Waals surface area contributed by atoms with Crippen molar-refractivity contribution in [2.45, 2.75) is 39.8 Å². The minimum atomic E-state index is -2.01. The van der Waals surface area contributed by atoms with Gasteiger partial charge in [0.1, 0.15) is 8.30 Å². The van der Waals surface area contributed by atoms with Crippen LogP contribution in [0.2, 0.25) is 0 Å². The van der Waals surface area contributed by atoms with Crippen molar-refractivity contribution < 1.29 is 9.09 Å². The lowest BCUT2D eigenvalue weighted by atomic mass is 10.3. The molecule has 0 bridgehead atoms. The van der Waals surface area contributed by atoms with Crippen LogP contribution in [0.1, 0.15) is 27.7 Å². The lowest BCUT2D eigenvalue weighted by Crippen LogP contribution is -2.33. The smallest absolute Gasteiger partial charge is 0.111 e. The number of rotatable bonds is 6. The average Bonchev–Trinajstić information content (AvgIpc) is 1.98. The van der Waals surface area contributed by atoms with E-state index < -0.39 is 15.4 Å². The van der Waals surface area contributed by atoms with Gasteiger partial charge in [0, 0.05) is 19.2 Å². The summed E-state index contributed by atoms with van der Waals surface area (Å²) in [6.45, 7) is 12.3. The standard InChI is InChI=1S/C10H25NO2P2/c1-9(2)11(10(3)4)14(13-5)8-15(6,7)12/h9-10H,8H2,1-7H3. The maximum Gasteiger partial charge on any atom is 0.111 e. The highest BCUT2D eigenvalue weighted by Gasteiger charge is 2.27. The second kappa shape index (κ2) is 6.35. The molecule has 0 aromatic heterocycles. The molecule has 0 radical (unpaired) electrons. The van der Waals surface area contributed by atoms with Gasteiger partial charge in [-0.15, -0.1) is 0 Å². The number of hydrogen-bond acceptors (Lipinski definition) is 3. The van der Waals surface area contributed by atoms with E-state index >= 15 is 0 Å². The van der Waals surface area contributed by atoms with Crippen LogP contribution >= 0.6 is 15.4 Å². The largest absolute Gasteiger partial charge is 0.346 e. The molecule has 3 nitrogen and oxygen atoms in total. The second-order valence-corrected chi connectivity index (χ2v) is 10.6. The second-order valence-electron chi connectivity index (χ2n) is 4.82.